The average molecular weight is 360 g/mol. The van der Waals surface area contributed by atoms with Gasteiger partial charge in [0.15, 0.2) is 5.78 Å². The number of carbonyl (C=O) groups excluding carboxylic acids is 1. The molecule has 2 rings (SSSR count). The molecule has 1 aliphatic carbocycles. The molecule has 0 saturated heterocycles. The third-order valence-corrected chi connectivity index (χ3v) is 4.63. The van der Waals surface area contributed by atoms with Crippen LogP contribution in [0.2, 0.25) is 5.02 Å². The van der Waals surface area contributed by atoms with Gasteiger partial charge in [0.2, 0.25) is 0 Å². The van der Waals surface area contributed by atoms with E-state index in [1.807, 2.05) is 25.1 Å². The van der Waals surface area contributed by atoms with Gasteiger partial charge in [0, 0.05) is 23.9 Å². The largest absolute Gasteiger partial charge is 0.481 e. The summed E-state index contributed by atoms with van der Waals surface area (Å²) < 4.78 is 0. The topological polar surface area (TPSA) is 66.4 Å². The molecule has 2 unspecified atom stereocenters. The van der Waals surface area contributed by atoms with Gasteiger partial charge in [0.25, 0.3) is 0 Å². The van der Waals surface area contributed by atoms with E-state index in [0.717, 1.165) is 18.4 Å². The Morgan fingerprint density at radius 2 is 2.09 bits per heavy atom. The maximum absolute atomic E-state index is 12.7. The first-order valence-corrected chi connectivity index (χ1v) is 8.11. The van der Waals surface area contributed by atoms with Gasteiger partial charge in [-0.15, -0.1) is 12.4 Å². The van der Waals surface area contributed by atoms with Crippen LogP contribution in [0.25, 0.3) is 0 Å². The van der Waals surface area contributed by atoms with Gasteiger partial charge in [-0.05, 0) is 37.8 Å². The van der Waals surface area contributed by atoms with Crippen LogP contribution in [0.4, 0.5) is 0 Å². The van der Waals surface area contributed by atoms with E-state index in [9.17, 15) is 9.59 Å². The maximum Gasteiger partial charge on any atom is 0.303 e. The molecule has 0 aliphatic heterocycles. The molecule has 2 N–H and O–H groups in total. The van der Waals surface area contributed by atoms with Crippen LogP contribution in [0.3, 0.4) is 0 Å². The van der Waals surface area contributed by atoms with Crippen molar-refractivity contribution in [1.82, 2.24) is 5.32 Å². The Hall–Kier alpha value is -1.10. The molecule has 4 nitrogen and oxygen atoms in total. The summed E-state index contributed by atoms with van der Waals surface area (Å²) in [6, 6.07) is 7.34. The molecule has 1 aromatic carbocycles. The number of rotatable bonds is 6. The standard InChI is InChI=1S/C17H22ClNO3.ClH/c1-12(9-10-16(21)22)19-17(11-5-4-8-15(17)20)13-6-2-3-7-14(13)18;/h2-3,6-7,12,19H,4-5,8-11H2,1H3,(H,21,22);1H. The Kier molecular flexibility index (Phi) is 7.52. The minimum absolute atomic E-state index is 0. The summed E-state index contributed by atoms with van der Waals surface area (Å²) in [6.45, 7) is 1.92. The molecular formula is C17H23Cl2NO3. The van der Waals surface area contributed by atoms with Crippen molar-refractivity contribution in [2.45, 2.75) is 57.0 Å². The number of hydrogen-bond acceptors (Lipinski definition) is 3. The van der Waals surface area contributed by atoms with Gasteiger partial charge in [0.05, 0.1) is 0 Å². The highest BCUT2D eigenvalue weighted by atomic mass is 35.5. The number of hydrogen-bond donors (Lipinski definition) is 2. The summed E-state index contributed by atoms with van der Waals surface area (Å²) in [6.07, 6.45) is 3.65. The number of carboxylic acids is 1. The molecule has 23 heavy (non-hydrogen) atoms. The molecular weight excluding hydrogens is 337 g/mol. The molecule has 1 fully saturated rings. The van der Waals surface area contributed by atoms with Crippen LogP contribution in [-0.4, -0.2) is 22.9 Å². The van der Waals surface area contributed by atoms with Crippen molar-refractivity contribution in [2.24, 2.45) is 0 Å². The zero-order valence-electron chi connectivity index (χ0n) is 13.2. The maximum atomic E-state index is 12.7. The third-order valence-electron chi connectivity index (χ3n) is 4.30. The monoisotopic (exact) mass is 359 g/mol. The van der Waals surface area contributed by atoms with E-state index < -0.39 is 11.5 Å². The molecule has 1 aliphatic rings. The molecule has 0 amide bonds. The normalized spacial score (nSPS) is 22.3. The molecule has 0 radical (unpaired) electrons. The number of carbonyl (C=O) groups is 2. The number of nitrogens with one attached hydrogen (secondary N) is 1. The number of carboxylic acid groups (broad SMARTS) is 1. The lowest BCUT2D eigenvalue weighted by atomic mass is 9.75. The molecule has 0 heterocycles. The van der Waals surface area contributed by atoms with E-state index in [-0.39, 0.29) is 30.7 Å². The molecule has 2 atom stereocenters. The van der Waals surface area contributed by atoms with Crippen molar-refractivity contribution in [2.75, 3.05) is 0 Å². The van der Waals surface area contributed by atoms with Crippen molar-refractivity contribution in [3.05, 3.63) is 34.9 Å². The number of ketones is 1. The quantitative estimate of drug-likeness (QED) is 0.806. The van der Waals surface area contributed by atoms with Crippen molar-refractivity contribution < 1.29 is 14.7 Å². The zero-order chi connectivity index (χ0) is 16.2. The predicted molar refractivity (Wildman–Crippen MR) is 93.3 cm³/mol. The fraction of sp³-hybridized carbons (Fsp3) is 0.529. The second-order valence-electron chi connectivity index (χ2n) is 5.99. The lowest BCUT2D eigenvalue weighted by Crippen LogP contribution is -2.54. The van der Waals surface area contributed by atoms with E-state index in [2.05, 4.69) is 5.32 Å². The highest BCUT2D eigenvalue weighted by Gasteiger charge is 2.43. The molecule has 1 aromatic rings. The lowest BCUT2D eigenvalue weighted by molar-refractivity contribution is -0.137. The molecule has 0 aromatic heterocycles. The second-order valence-corrected chi connectivity index (χ2v) is 6.40. The van der Waals surface area contributed by atoms with E-state index in [0.29, 0.717) is 24.3 Å². The Bertz CT molecular complexity index is 565. The summed E-state index contributed by atoms with van der Waals surface area (Å²) >= 11 is 6.34. The molecule has 128 valence electrons. The first-order valence-electron chi connectivity index (χ1n) is 7.73. The van der Waals surface area contributed by atoms with Crippen LogP contribution in [0.5, 0.6) is 0 Å². The summed E-state index contributed by atoms with van der Waals surface area (Å²) in [5.74, 6) is -0.676. The van der Waals surface area contributed by atoms with E-state index in [1.54, 1.807) is 6.07 Å². The summed E-state index contributed by atoms with van der Waals surface area (Å²) in [5.41, 5.74) is 0.0256. The predicted octanol–water partition coefficient (Wildman–Crippen LogP) is 3.94. The van der Waals surface area contributed by atoms with Crippen molar-refractivity contribution >= 4 is 35.8 Å². The Labute approximate surface area is 148 Å². The number of Topliss-reactive ketones (excluding diaryl/α,β-unsaturated/α-hetero) is 1. The zero-order valence-corrected chi connectivity index (χ0v) is 14.8. The van der Waals surface area contributed by atoms with Crippen LogP contribution in [-0.2, 0) is 15.1 Å². The number of aliphatic carboxylic acids is 1. The van der Waals surface area contributed by atoms with Gasteiger partial charge in [-0.25, -0.2) is 0 Å². The molecule has 1 saturated carbocycles. The van der Waals surface area contributed by atoms with E-state index in [4.69, 9.17) is 16.7 Å². The third kappa shape index (κ3) is 4.69. The summed E-state index contributed by atoms with van der Waals surface area (Å²) in [4.78, 5) is 23.5. The number of halogens is 2. The molecule has 0 bridgehead atoms. The average Bonchev–Trinajstić information content (AvgIpc) is 2.48. The van der Waals surface area contributed by atoms with Gasteiger partial charge in [-0.3, -0.25) is 14.9 Å². The highest BCUT2D eigenvalue weighted by Crippen LogP contribution is 2.38. The lowest BCUT2D eigenvalue weighted by Gasteiger charge is -2.40. The van der Waals surface area contributed by atoms with Gasteiger partial charge in [-0.2, -0.15) is 0 Å². The smallest absolute Gasteiger partial charge is 0.303 e. The van der Waals surface area contributed by atoms with Crippen LogP contribution in [0.1, 0.15) is 51.0 Å². The second kappa shape index (κ2) is 8.67. The SMILES string of the molecule is CC(CCC(=O)O)NC1(c2ccccc2Cl)CCCCC1=O.Cl. The number of benzene rings is 1. The van der Waals surface area contributed by atoms with Crippen LogP contribution >= 0.6 is 24.0 Å². The van der Waals surface area contributed by atoms with E-state index >= 15 is 0 Å². The Balaban J connectivity index is 0.00000264. The van der Waals surface area contributed by atoms with Crippen LogP contribution in [0.15, 0.2) is 24.3 Å². The van der Waals surface area contributed by atoms with Gasteiger partial charge in [-0.1, -0.05) is 36.2 Å². The van der Waals surface area contributed by atoms with Crippen molar-refractivity contribution in [3.63, 3.8) is 0 Å². The fourth-order valence-electron chi connectivity index (χ4n) is 3.18. The highest BCUT2D eigenvalue weighted by molar-refractivity contribution is 6.31. The van der Waals surface area contributed by atoms with Crippen LogP contribution < -0.4 is 5.32 Å². The fourth-order valence-corrected chi connectivity index (χ4v) is 3.48. The Morgan fingerprint density at radius 3 is 2.70 bits per heavy atom. The molecule has 0 spiro atoms. The van der Waals surface area contributed by atoms with E-state index in [1.165, 1.54) is 0 Å². The summed E-state index contributed by atoms with van der Waals surface area (Å²) in [5, 5.41) is 12.8. The summed E-state index contributed by atoms with van der Waals surface area (Å²) in [7, 11) is 0. The minimum Gasteiger partial charge on any atom is -0.481 e. The van der Waals surface area contributed by atoms with Gasteiger partial charge < -0.3 is 5.11 Å². The van der Waals surface area contributed by atoms with Gasteiger partial charge in [0.1, 0.15) is 5.54 Å². The first-order chi connectivity index (χ1) is 10.5. The molecule has 6 heteroatoms. The Morgan fingerprint density at radius 1 is 1.39 bits per heavy atom. The minimum atomic E-state index is -0.824. The van der Waals surface area contributed by atoms with Crippen molar-refractivity contribution in [1.29, 1.82) is 0 Å². The first kappa shape index (κ1) is 19.9. The van der Waals surface area contributed by atoms with Crippen molar-refractivity contribution in [3.8, 4) is 0 Å². The van der Waals surface area contributed by atoms with Gasteiger partial charge >= 0.3 is 5.97 Å². The van der Waals surface area contributed by atoms with Crippen LogP contribution in [0, 0.1) is 0 Å².